The molecule has 0 saturated heterocycles. The van der Waals surface area contributed by atoms with E-state index in [0.717, 1.165) is 17.3 Å². The van der Waals surface area contributed by atoms with Crippen molar-refractivity contribution in [1.29, 1.82) is 0 Å². The van der Waals surface area contributed by atoms with E-state index in [-0.39, 0.29) is 22.4 Å². The van der Waals surface area contributed by atoms with Gasteiger partial charge in [-0.3, -0.25) is 14.6 Å². The highest BCUT2D eigenvalue weighted by atomic mass is 32.2. The number of rotatable bonds is 7. The van der Waals surface area contributed by atoms with Gasteiger partial charge in [-0.05, 0) is 29.8 Å². The van der Waals surface area contributed by atoms with Crippen LogP contribution in [0.1, 0.15) is 21.6 Å². The van der Waals surface area contributed by atoms with E-state index in [1.807, 2.05) is 30.3 Å². The quantitative estimate of drug-likeness (QED) is 0.454. The second-order valence-electron chi connectivity index (χ2n) is 5.97. The maximum Gasteiger partial charge on any atom is 0.337 e. The molecule has 2 N–H and O–H groups in total. The molecule has 148 valence electrons. The van der Waals surface area contributed by atoms with E-state index in [2.05, 4.69) is 25.2 Å². The van der Waals surface area contributed by atoms with Gasteiger partial charge in [-0.1, -0.05) is 42.1 Å². The fraction of sp³-hybridized carbons (Fsp3) is 0.150. The Balaban J connectivity index is 1.54. The third-order valence-corrected chi connectivity index (χ3v) is 4.75. The first-order valence-electron chi connectivity index (χ1n) is 8.66. The van der Waals surface area contributed by atoms with Crippen LogP contribution in [0.25, 0.3) is 0 Å². The molecule has 0 bridgehead atoms. The molecule has 3 rings (SSSR count). The van der Waals surface area contributed by atoms with Gasteiger partial charge in [0.25, 0.3) is 5.56 Å². The normalized spacial score (nSPS) is 10.4. The lowest BCUT2D eigenvalue weighted by atomic mass is 10.1. The summed E-state index contributed by atoms with van der Waals surface area (Å²) in [4.78, 5) is 38.3. The van der Waals surface area contributed by atoms with Crippen LogP contribution >= 0.6 is 11.8 Å². The zero-order valence-corrected chi connectivity index (χ0v) is 16.4. The number of H-pyrrole nitrogens is 1. The fourth-order valence-corrected chi connectivity index (χ4v) is 3.06. The molecular formula is C20H18N4O4S. The number of esters is 1. The van der Waals surface area contributed by atoms with Gasteiger partial charge in [0.05, 0.1) is 18.4 Å². The molecule has 0 atom stereocenters. The van der Waals surface area contributed by atoms with Gasteiger partial charge < -0.3 is 10.1 Å². The van der Waals surface area contributed by atoms with Crippen LogP contribution in [0.15, 0.2) is 64.5 Å². The highest BCUT2D eigenvalue weighted by molar-refractivity contribution is 7.99. The summed E-state index contributed by atoms with van der Waals surface area (Å²) in [6, 6.07) is 15.8. The summed E-state index contributed by atoms with van der Waals surface area (Å²) < 4.78 is 4.62. The van der Waals surface area contributed by atoms with E-state index in [1.54, 1.807) is 24.3 Å². The van der Waals surface area contributed by atoms with Gasteiger partial charge in [-0.2, -0.15) is 0 Å². The van der Waals surface area contributed by atoms with Gasteiger partial charge in [0.15, 0.2) is 5.16 Å². The van der Waals surface area contributed by atoms with E-state index in [4.69, 9.17) is 0 Å². The Labute approximate surface area is 170 Å². The molecule has 0 radical (unpaired) electrons. The Bertz CT molecular complexity index is 1050. The lowest BCUT2D eigenvalue weighted by molar-refractivity contribution is -0.113. The summed E-state index contributed by atoms with van der Waals surface area (Å²) in [6.45, 7) is 0. The molecule has 0 aliphatic carbocycles. The first-order valence-corrected chi connectivity index (χ1v) is 9.64. The van der Waals surface area contributed by atoms with Gasteiger partial charge in [-0.25, -0.2) is 4.79 Å². The lowest BCUT2D eigenvalue weighted by Crippen LogP contribution is -2.19. The zero-order valence-electron chi connectivity index (χ0n) is 15.5. The molecule has 1 heterocycles. The van der Waals surface area contributed by atoms with Crippen molar-refractivity contribution < 1.29 is 14.3 Å². The summed E-state index contributed by atoms with van der Waals surface area (Å²) in [5.74, 6) is -0.685. The number of carbonyl (C=O) groups excluding carboxylic acids is 2. The summed E-state index contributed by atoms with van der Waals surface area (Å²) in [7, 11) is 1.30. The number of benzene rings is 2. The second kappa shape index (κ2) is 9.65. The van der Waals surface area contributed by atoms with Crippen LogP contribution in [-0.2, 0) is 16.0 Å². The molecule has 0 spiro atoms. The topological polar surface area (TPSA) is 114 Å². The maximum atomic E-state index is 12.2. The summed E-state index contributed by atoms with van der Waals surface area (Å²) >= 11 is 1.07. The van der Waals surface area contributed by atoms with Gasteiger partial charge >= 0.3 is 5.97 Å². The number of anilines is 1. The van der Waals surface area contributed by atoms with Crippen LogP contribution < -0.4 is 10.9 Å². The zero-order chi connectivity index (χ0) is 20.6. The number of hydrogen-bond donors (Lipinski definition) is 2. The average molecular weight is 410 g/mol. The number of nitrogens with one attached hydrogen (secondary N) is 2. The fourth-order valence-electron chi connectivity index (χ4n) is 2.45. The van der Waals surface area contributed by atoms with Gasteiger partial charge in [0, 0.05) is 12.1 Å². The molecule has 8 nitrogen and oxygen atoms in total. The molecule has 0 aliphatic heterocycles. The number of ether oxygens (including phenoxy) is 1. The molecule has 29 heavy (non-hydrogen) atoms. The predicted molar refractivity (Wildman–Crippen MR) is 109 cm³/mol. The molecule has 1 aromatic heterocycles. The van der Waals surface area contributed by atoms with E-state index >= 15 is 0 Å². The van der Waals surface area contributed by atoms with Gasteiger partial charge in [0.2, 0.25) is 5.91 Å². The van der Waals surface area contributed by atoms with Crippen molar-refractivity contribution in [2.75, 3.05) is 18.2 Å². The van der Waals surface area contributed by atoms with Crippen molar-refractivity contribution in [2.45, 2.75) is 11.6 Å². The largest absolute Gasteiger partial charge is 0.465 e. The van der Waals surface area contributed by atoms with Crippen molar-refractivity contribution >= 4 is 29.3 Å². The third kappa shape index (κ3) is 5.76. The molecule has 0 saturated carbocycles. The van der Waals surface area contributed by atoms with Crippen LogP contribution in [0.2, 0.25) is 0 Å². The highest BCUT2D eigenvalue weighted by Gasteiger charge is 2.10. The minimum Gasteiger partial charge on any atom is -0.465 e. The van der Waals surface area contributed by atoms with Crippen LogP contribution in [-0.4, -0.2) is 39.9 Å². The number of amides is 1. The molecule has 3 aromatic rings. The lowest BCUT2D eigenvalue weighted by Gasteiger charge is -2.06. The Morgan fingerprint density at radius 1 is 1.07 bits per heavy atom. The molecule has 0 aliphatic rings. The maximum absolute atomic E-state index is 12.2. The highest BCUT2D eigenvalue weighted by Crippen LogP contribution is 2.14. The monoisotopic (exact) mass is 410 g/mol. The van der Waals surface area contributed by atoms with Gasteiger partial charge in [0.1, 0.15) is 5.69 Å². The van der Waals surface area contributed by atoms with Crippen molar-refractivity contribution in [3.05, 3.63) is 81.8 Å². The van der Waals surface area contributed by atoms with E-state index in [1.165, 1.54) is 7.11 Å². The van der Waals surface area contributed by atoms with Crippen molar-refractivity contribution in [3.63, 3.8) is 0 Å². The Morgan fingerprint density at radius 2 is 1.79 bits per heavy atom. The predicted octanol–water partition coefficient (Wildman–Crippen LogP) is 2.27. The Kier molecular flexibility index (Phi) is 6.75. The molecular weight excluding hydrogens is 392 g/mol. The third-order valence-electron chi connectivity index (χ3n) is 3.89. The molecule has 9 heteroatoms. The minimum absolute atomic E-state index is 0.0431. The first-order chi connectivity index (χ1) is 14.0. The van der Waals surface area contributed by atoms with Crippen LogP contribution in [0.3, 0.4) is 0 Å². The van der Waals surface area contributed by atoms with E-state index in [9.17, 15) is 14.4 Å². The van der Waals surface area contributed by atoms with Crippen LogP contribution in [0, 0.1) is 0 Å². The van der Waals surface area contributed by atoms with Crippen LogP contribution in [0.5, 0.6) is 0 Å². The summed E-state index contributed by atoms with van der Waals surface area (Å²) in [5.41, 5.74) is 1.88. The number of aromatic nitrogens is 3. The van der Waals surface area contributed by atoms with Gasteiger partial charge in [-0.15, -0.1) is 10.2 Å². The summed E-state index contributed by atoms with van der Waals surface area (Å²) in [6.07, 6.45) is 0.385. The standard InChI is InChI=1S/C20H18N4O4S/c1-28-19(27)14-7-9-15(10-8-14)21-17(25)12-29-20-22-18(26)16(23-24-20)11-13-5-3-2-4-6-13/h2-10H,11-12H2,1H3,(H,21,25)(H,22,24,26). The molecule has 1 amide bonds. The van der Waals surface area contributed by atoms with E-state index < -0.39 is 5.97 Å². The van der Waals surface area contributed by atoms with Crippen LogP contribution in [0.4, 0.5) is 5.69 Å². The first kappa shape index (κ1) is 20.3. The molecule has 0 unspecified atom stereocenters. The van der Waals surface area contributed by atoms with Crippen molar-refractivity contribution in [2.24, 2.45) is 0 Å². The molecule has 2 aromatic carbocycles. The SMILES string of the molecule is COC(=O)c1ccc(NC(=O)CSc2nnc(Cc3ccccc3)c(=O)[nH]2)cc1. The van der Waals surface area contributed by atoms with E-state index in [0.29, 0.717) is 23.4 Å². The second-order valence-corrected chi connectivity index (χ2v) is 6.94. The molecule has 0 fully saturated rings. The minimum atomic E-state index is -0.448. The number of carbonyl (C=O) groups is 2. The number of nitrogens with zero attached hydrogens (tertiary/aromatic N) is 2. The Morgan fingerprint density at radius 3 is 2.45 bits per heavy atom. The average Bonchev–Trinajstić information content (AvgIpc) is 2.75. The number of thioether (sulfide) groups is 1. The van der Waals surface area contributed by atoms with Crippen molar-refractivity contribution in [3.8, 4) is 0 Å². The van der Waals surface area contributed by atoms with Crippen molar-refractivity contribution in [1.82, 2.24) is 15.2 Å². The Hall–Kier alpha value is -3.46. The summed E-state index contributed by atoms with van der Waals surface area (Å²) in [5, 5.41) is 10.9. The smallest absolute Gasteiger partial charge is 0.337 e. The number of aromatic amines is 1. The number of hydrogen-bond acceptors (Lipinski definition) is 7. The number of methoxy groups -OCH3 is 1.